The smallest absolute Gasteiger partial charge is 0.321 e. The maximum absolute atomic E-state index is 14.5. The summed E-state index contributed by atoms with van der Waals surface area (Å²) in [7, 11) is 0. The summed E-state index contributed by atoms with van der Waals surface area (Å²) in [5, 5.41) is 2.57. The lowest BCUT2D eigenvalue weighted by Gasteiger charge is -2.31. The number of fused-ring (bicyclic) bond motifs is 1. The maximum Gasteiger partial charge on any atom is 0.435 e. The lowest BCUT2D eigenvalue weighted by Crippen LogP contribution is -2.50. The summed E-state index contributed by atoms with van der Waals surface area (Å²) in [4.78, 5) is 12.7. The van der Waals surface area contributed by atoms with Gasteiger partial charge < -0.3 is 5.32 Å². The Morgan fingerprint density at radius 1 is 0.935 bits per heavy atom. The molecule has 1 aliphatic carbocycles. The van der Waals surface area contributed by atoms with E-state index in [0.29, 0.717) is 17.7 Å². The molecule has 168 valence electrons. The molecule has 2 aromatic rings. The monoisotopic (exact) mass is 447 g/mol. The molecule has 1 aliphatic rings. The van der Waals surface area contributed by atoms with Crippen molar-refractivity contribution in [3.8, 4) is 0 Å². The molecule has 0 heterocycles. The second-order valence-corrected chi connectivity index (χ2v) is 7.63. The summed E-state index contributed by atoms with van der Waals surface area (Å²) in [6.07, 6.45) is -9.68. The van der Waals surface area contributed by atoms with E-state index in [4.69, 9.17) is 0 Å². The van der Waals surface area contributed by atoms with E-state index in [1.165, 1.54) is 13.8 Å². The summed E-state index contributed by atoms with van der Waals surface area (Å²) in [5.74, 6) is -0.543. The van der Waals surface area contributed by atoms with E-state index in [0.717, 1.165) is 30.4 Å². The molecule has 0 fully saturated rings. The lowest BCUT2D eigenvalue weighted by atomic mass is 9.89. The van der Waals surface area contributed by atoms with Crippen LogP contribution in [0.15, 0.2) is 30.3 Å². The molecule has 0 spiro atoms. The van der Waals surface area contributed by atoms with Crippen molar-refractivity contribution in [2.45, 2.75) is 57.6 Å². The largest absolute Gasteiger partial charge is 0.435 e. The zero-order chi connectivity index (χ0) is 23.2. The van der Waals surface area contributed by atoms with Gasteiger partial charge in [0, 0.05) is 16.8 Å². The van der Waals surface area contributed by atoms with Gasteiger partial charge in [-0.2, -0.15) is 26.3 Å². The summed E-state index contributed by atoms with van der Waals surface area (Å²) >= 11 is 0. The molecule has 0 saturated heterocycles. The van der Waals surface area contributed by atoms with Gasteiger partial charge in [-0.05, 0) is 73.1 Å². The Morgan fingerprint density at radius 3 is 2.13 bits per heavy atom. The van der Waals surface area contributed by atoms with E-state index in [1.54, 1.807) is 12.1 Å². The minimum absolute atomic E-state index is 0.0136. The Balaban J connectivity index is 2.01. The van der Waals surface area contributed by atoms with E-state index >= 15 is 0 Å². The molecule has 0 unspecified atom stereocenters. The minimum atomic E-state index is -6.20. The first-order valence-electron chi connectivity index (χ1n) is 9.69. The van der Waals surface area contributed by atoms with Crippen LogP contribution in [0.4, 0.5) is 36.4 Å². The van der Waals surface area contributed by atoms with Crippen molar-refractivity contribution in [2.75, 3.05) is 5.32 Å². The highest BCUT2D eigenvalue weighted by atomic mass is 19.4. The van der Waals surface area contributed by atoms with E-state index < -0.39 is 29.5 Å². The molecule has 0 bridgehead atoms. The number of halogens is 7. The van der Waals surface area contributed by atoms with E-state index in [-0.39, 0.29) is 23.2 Å². The molecule has 0 saturated carbocycles. The van der Waals surface area contributed by atoms with Gasteiger partial charge in [0.05, 0.1) is 0 Å². The van der Waals surface area contributed by atoms with Gasteiger partial charge in [-0.15, -0.1) is 0 Å². The van der Waals surface area contributed by atoms with Gasteiger partial charge in [0.2, 0.25) is 0 Å². The van der Waals surface area contributed by atoms with Gasteiger partial charge in [-0.1, -0.05) is 19.1 Å². The van der Waals surface area contributed by atoms with Gasteiger partial charge in [-0.3, -0.25) is 4.79 Å². The number of anilines is 1. The van der Waals surface area contributed by atoms with Crippen LogP contribution in [0.1, 0.15) is 51.5 Å². The molecule has 0 atom stereocenters. The molecule has 0 radical (unpaired) electrons. The number of alkyl halides is 7. The highest BCUT2D eigenvalue weighted by Crippen LogP contribution is 2.53. The first-order chi connectivity index (χ1) is 14.3. The van der Waals surface area contributed by atoms with Crippen molar-refractivity contribution < 1.29 is 35.5 Å². The van der Waals surface area contributed by atoms with E-state index in [9.17, 15) is 35.5 Å². The molecule has 2 aromatic carbocycles. The van der Waals surface area contributed by atoms with Crippen molar-refractivity contribution in [1.29, 1.82) is 0 Å². The zero-order valence-electron chi connectivity index (χ0n) is 16.8. The number of rotatable bonds is 4. The number of amides is 1. The molecule has 0 aliphatic heterocycles. The fraction of sp³-hybridized carbons (Fsp3) is 0.409. The van der Waals surface area contributed by atoms with Gasteiger partial charge in [-0.25, -0.2) is 4.39 Å². The molecule has 3 rings (SSSR count). The second-order valence-electron chi connectivity index (χ2n) is 7.63. The number of nitrogens with one attached hydrogen (secondary N) is 1. The lowest BCUT2D eigenvalue weighted by molar-refractivity contribution is -0.348. The second kappa shape index (κ2) is 7.84. The molecule has 1 amide bonds. The summed E-state index contributed by atoms with van der Waals surface area (Å²) < 4.78 is 93.3. The van der Waals surface area contributed by atoms with Gasteiger partial charge in [0.25, 0.3) is 5.91 Å². The molecule has 31 heavy (non-hydrogen) atoms. The standard InChI is InChI=1S/C22H20F7NO/c1-3-13-11-17(20(23,21(24,25)26)22(27,28)29)9-12(2)18(13)30-19(31)16-8-7-14-5-4-6-15(14)10-16/h7-11H,3-6H2,1-2H3,(H,30,31). The van der Waals surface area contributed by atoms with E-state index in [2.05, 4.69) is 5.32 Å². The van der Waals surface area contributed by atoms with Crippen molar-refractivity contribution >= 4 is 11.6 Å². The number of carbonyl (C=O) groups is 1. The van der Waals surface area contributed by atoms with Crippen molar-refractivity contribution in [3.05, 3.63) is 63.7 Å². The van der Waals surface area contributed by atoms with Crippen LogP contribution < -0.4 is 5.32 Å². The predicted octanol–water partition coefficient (Wildman–Crippen LogP) is 6.59. The van der Waals surface area contributed by atoms with Gasteiger partial charge in [0.1, 0.15) is 0 Å². The first kappa shape index (κ1) is 23.1. The average molecular weight is 447 g/mol. The van der Waals surface area contributed by atoms with Crippen LogP contribution in [-0.4, -0.2) is 18.3 Å². The third-order valence-electron chi connectivity index (χ3n) is 5.58. The fourth-order valence-electron chi connectivity index (χ4n) is 3.90. The Hall–Kier alpha value is -2.58. The predicted molar refractivity (Wildman–Crippen MR) is 102 cm³/mol. The van der Waals surface area contributed by atoms with Gasteiger partial charge in [0.15, 0.2) is 0 Å². The molecular formula is C22H20F7NO. The number of aryl methyl sites for hydroxylation is 4. The molecule has 0 aromatic heterocycles. The highest BCUT2D eigenvalue weighted by molar-refractivity contribution is 6.05. The van der Waals surface area contributed by atoms with Gasteiger partial charge >= 0.3 is 18.0 Å². The molecule has 2 nitrogen and oxygen atoms in total. The zero-order valence-corrected chi connectivity index (χ0v) is 16.8. The quantitative estimate of drug-likeness (QED) is 0.527. The van der Waals surface area contributed by atoms with Crippen LogP contribution in [0.25, 0.3) is 0 Å². The van der Waals surface area contributed by atoms with E-state index in [1.807, 2.05) is 6.07 Å². The molecular weight excluding hydrogens is 427 g/mol. The number of hydrogen-bond donors (Lipinski definition) is 1. The van der Waals surface area contributed by atoms with Crippen LogP contribution in [0, 0.1) is 6.92 Å². The highest BCUT2D eigenvalue weighted by Gasteiger charge is 2.73. The Morgan fingerprint density at radius 2 is 1.55 bits per heavy atom. The van der Waals surface area contributed by atoms with Crippen molar-refractivity contribution in [3.63, 3.8) is 0 Å². The Kier molecular flexibility index (Phi) is 5.84. The molecule has 9 heteroatoms. The van der Waals surface area contributed by atoms with Crippen LogP contribution in [-0.2, 0) is 24.9 Å². The maximum atomic E-state index is 14.5. The first-order valence-corrected chi connectivity index (χ1v) is 9.69. The normalized spacial score (nSPS) is 14.5. The third kappa shape index (κ3) is 4.02. The fourth-order valence-corrected chi connectivity index (χ4v) is 3.90. The number of hydrogen-bond acceptors (Lipinski definition) is 1. The summed E-state index contributed by atoms with van der Waals surface area (Å²) in [5.41, 5.74) is -4.62. The topological polar surface area (TPSA) is 29.1 Å². The van der Waals surface area contributed by atoms with Crippen LogP contribution >= 0.6 is 0 Å². The Bertz CT molecular complexity index is 994. The Labute approximate surface area is 174 Å². The number of benzene rings is 2. The summed E-state index contributed by atoms with van der Waals surface area (Å²) in [6.45, 7) is 2.72. The van der Waals surface area contributed by atoms with Crippen molar-refractivity contribution in [1.82, 2.24) is 0 Å². The molecule has 1 N–H and O–H groups in total. The van der Waals surface area contributed by atoms with Crippen LogP contribution in [0.3, 0.4) is 0 Å². The number of carbonyl (C=O) groups excluding carboxylic acids is 1. The van der Waals surface area contributed by atoms with Crippen LogP contribution in [0.2, 0.25) is 0 Å². The summed E-state index contributed by atoms with van der Waals surface area (Å²) in [6, 6.07) is 6.18. The van der Waals surface area contributed by atoms with Crippen LogP contribution in [0.5, 0.6) is 0 Å². The third-order valence-corrected chi connectivity index (χ3v) is 5.58. The average Bonchev–Trinajstić information content (AvgIpc) is 3.14. The minimum Gasteiger partial charge on any atom is -0.321 e. The van der Waals surface area contributed by atoms with Crippen molar-refractivity contribution in [2.24, 2.45) is 0 Å². The SMILES string of the molecule is CCc1cc(C(F)(C(F)(F)F)C(F)(F)F)cc(C)c1NC(=O)c1ccc2c(c1)CCC2.